The fraction of sp³-hybridized carbons (Fsp3) is 0.674. The highest BCUT2D eigenvalue weighted by Crippen LogP contribution is 2.73. The number of nitrogens with one attached hydrogen (secondary N) is 2. The van der Waals surface area contributed by atoms with Gasteiger partial charge in [-0.05, 0) is 158 Å². The fourth-order valence-corrected chi connectivity index (χ4v) is 13.6. The summed E-state index contributed by atoms with van der Waals surface area (Å²) < 4.78 is 5.67. The van der Waals surface area contributed by atoms with E-state index in [1.165, 1.54) is 32.1 Å². The molecule has 4 N–H and O–H groups in total. The molecular weight excluding hydrogens is 687 g/mol. The normalized spacial score (nSPS) is 34.6. The van der Waals surface area contributed by atoms with Crippen molar-refractivity contribution in [3.05, 3.63) is 64.7 Å². The average Bonchev–Trinajstić information content (AvgIpc) is 3.62. The van der Waals surface area contributed by atoms with Crippen LogP contribution < -0.4 is 15.4 Å². The van der Waals surface area contributed by atoms with Crippen molar-refractivity contribution in [2.75, 3.05) is 13.2 Å². The third kappa shape index (κ3) is 7.14. The van der Waals surface area contributed by atoms with Crippen LogP contribution in [-0.2, 0) is 17.8 Å². The van der Waals surface area contributed by atoms with Crippen LogP contribution in [0.15, 0.2) is 42.5 Å². The summed E-state index contributed by atoms with van der Waals surface area (Å²) in [4.78, 5) is 39.3. The van der Waals surface area contributed by atoms with Gasteiger partial charge in [-0.1, -0.05) is 58.6 Å². The third-order valence-corrected chi connectivity index (χ3v) is 16.3. The molecule has 9 atom stereocenters. The first-order valence-corrected chi connectivity index (χ1v) is 21.6. The predicted molar refractivity (Wildman–Crippen MR) is 218 cm³/mol. The fourth-order valence-electron chi connectivity index (χ4n) is 13.6. The molecule has 0 spiro atoms. The van der Waals surface area contributed by atoms with Gasteiger partial charge < -0.3 is 25.6 Å². The Kier molecular flexibility index (Phi) is 11.3. The van der Waals surface area contributed by atoms with Crippen molar-refractivity contribution in [1.29, 1.82) is 0 Å². The van der Waals surface area contributed by atoms with E-state index in [0.717, 1.165) is 56.8 Å². The van der Waals surface area contributed by atoms with Gasteiger partial charge in [-0.15, -0.1) is 0 Å². The third-order valence-electron chi connectivity index (χ3n) is 16.3. The Morgan fingerprint density at radius 3 is 2.42 bits per heavy atom. The minimum absolute atomic E-state index is 0.0311. The number of aliphatic hydroxyl groups is 1. The number of rotatable bonds is 12. The maximum atomic E-state index is 14.3. The van der Waals surface area contributed by atoms with Crippen LogP contribution in [0.1, 0.15) is 137 Å². The van der Waals surface area contributed by atoms with Gasteiger partial charge >= 0.3 is 5.97 Å². The number of carboxylic acids is 1. The smallest absolute Gasteiger partial charge is 0.339 e. The number of hydrogen-bond donors (Lipinski definition) is 4. The van der Waals surface area contributed by atoms with Gasteiger partial charge in [-0.2, -0.15) is 0 Å². The maximum Gasteiger partial charge on any atom is 0.339 e. The van der Waals surface area contributed by atoms with E-state index in [1.807, 2.05) is 18.2 Å². The first kappa shape index (κ1) is 39.9. The summed E-state index contributed by atoms with van der Waals surface area (Å²) in [6.07, 6.45) is 14.7. The summed E-state index contributed by atoms with van der Waals surface area (Å²) in [6, 6.07) is 12.6. The van der Waals surface area contributed by atoms with Gasteiger partial charge in [0.2, 0.25) is 5.91 Å². The Hall–Kier alpha value is -3.33. The van der Waals surface area contributed by atoms with Gasteiger partial charge in [0.1, 0.15) is 19.2 Å². The zero-order chi connectivity index (χ0) is 39.2. The van der Waals surface area contributed by atoms with Crippen molar-refractivity contribution in [3.63, 3.8) is 0 Å². The molecule has 5 aliphatic rings. The molecule has 9 heteroatoms. The number of carboxylic acid groups (broad SMARTS) is 1. The highest BCUT2D eigenvalue weighted by molar-refractivity contribution is 6.08. The summed E-state index contributed by atoms with van der Waals surface area (Å²) in [6.45, 7) is 11.0. The van der Waals surface area contributed by atoms with Crippen LogP contribution in [0.2, 0.25) is 6.32 Å². The molecule has 0 aromatic heterocycles. The Balaban J connectivity index is 0.948. The standard InChI is InChI=1S/C46H65BN2O6/c1-43(2)37-16-20-44(3)34-15-22-46(19-6-10-35(46)32(34)12-14-38(44)45(37,4)21-17-39(43)50)42(54)48-24-18-29-8-5-9-31(26-29)40(51)49-28-30-11-13-36(55-25-7-23-47)33(27-30)41(52)53/h5,8-9,11,13,26-27,32,34-35,37-39,50H,6-7,10,12,14-25,28,47H2,1-4H3,(H,48,54)(H,49,51)(H,52,53). The van der Waals surface area contributed by atoms with Crippen LogP contribution in [-0.4, -0.2) is 55.1 Å². The molecule has 2 amide bonds. The van der Waals surface area contributed by atoms with Crippen molar-refractivity contribution in [2.24, 2.45) is 51.2 Å². The minimum Gasteiger partial charge on any atom is -0.493 e. The molecule has 0 aliphatic heterocycles. The SMILES string of the molecule is BCCCOc1ccc(CNC(=O)c2cccc(CCNC(=O)C34CCCC3C3CCC5C(C)(CCC6C(C)(C)C(O)CCC65C)C3CC4)c2)cc1C(=O)O. The van der Waals surface area contributed by atoms with E-state index in [9.17, 15) is 24.6 Å². The molecular formula is C46H65BN2O6. The van der Waals surface area contributed by atoms with Gasteiger partial charge in [0, 0.05) is 18.7 Å². The van der Waals surface area contributed by atoms with Crippen molar-refractivity contribution in [2.45, 2.75) is 130 Å². The van der Waals surface area contributed by atoms with E-state index in [-0.39, 0.29) is 46.3 Å². The van der Waals surface area contributed by atoms with E-state index < -0.39 is 5.97 Å². The van der Waals surface area contributed by atoms with Crippen LogP contribution >= 0.6 is 0 Å². The lowest BCUT2D eigenvalue weighted by molar-refractivity contribution is -0.214. The maximum absolute atomic E-state index is 14.3. The zero-order valence-electron chi connectivity index (χ0n) is 34.1. The second kappa shape index (κ2) is 15.5. The van der Waals surface area contributed by atoms with Gasteiger partial charge in [0.15, 0.2) is 0 Å². The number of hydrogen-bond acceptors (Lipinski definition) is 5. The lowest BCUT2D eigenvalue weighted by Crippen LogP contribution is -2.63. The molecule has 0 bridgehead atoms. The van der Waals surface area contributed by atoms with Gasteiger partial charge in [0.25, 0.3) is 5.91 Å². The summed E-state index contributed by atoms with van der Waals surface area (Å²) in [5.41, 5.74) is 2.60. The van der Waals surface area contributed by atoms with E-state index >= 15 is 0 Å². The topological polar surface area (TPSA) is 125 Å². The first-order valence-electron chi connectivity index (χ1n) is 21.6. The lowest BCUT2D eigenvalue weighted by atomic mass is 9.36. The van der Waals surface area contributed by atoms with E-state index in [2.05, 4.69) is 46.2 Å². The summed E-state index contributed by atoms with van der Waals surface area (Å²) in [5, 5.41) is 27.0. The highest BCUT2D eigenvalue weighted by Gasteiger charge is 2.67. The summed E-state index contributed by atoms with van der Waals surface area (Å²) in [5.74, 6) is 2.32. The number of fused-ring (bicyclic) bond motifs is 7. The van der Waals surface area contributed by atoms with Crippen molar-refractivity contribution >= 4 is 25.6 Å². The minimum atomic E-state index is -1.06. The molecule has 0 heterocycles. The highest BCUT2D eigenvalue weighted by atomic mass is 16.5. The lowest BCUT2D eigenvalue weighted by Gasteiger charge is -2.69. The average molecular weight is 753 g/mol. The number of carbonyl (C=O) groups excluding carboxylic acids is 2. The molecule has 9 unspecified atom stereocenters. The number of aliphatic hydroxyl groups excluding tert-OH is 1. The van der Waals surface area contributed by atoms with Crippen LogP contribution in [0.5, 0.6) is 5.75 Å². The monoisotopic (exact) mass is 752 g/mol. The predicted octanol–water partition coefficient (Wildman–Crippen LogP) is 7.62. The Labute approximate surface area is 329 Å². The molecule has 8 nitrogen and oxygen atoms in total. The zero-order valence-corrected chi connectivity index (χ0v) is 34.1. The van der Waals surface area contributed by atoms with Gasteiger partial charge in [0.05, 0.1) is 18.1 Å². The number of aromatic carboxylic acids is 1. The van der Waals surface area contributed by atoms with E-state index in [4.69, 9.17) is 4.74 Å². The molecule has 55 heavy (non-hydrogen) atoms. The molecule has 298 valence electrons. The molecule has 5 saturated carbocycles. The number of ether oxygens (including phenoxy) is 1. The van der Waals surface area contributed by atoms with E-state index in [1.54, 1.807) is 24.3 Å². The largest absolute Gasteiger partial charge is 0.493 e. The molecule has 5 aliphatic carbocycles. The Morgan fingerprint density at radius 2 is 1.64 bits per heavy atom. The Bertz CT molecular complexity index is 1760. The number of benzene rings is 2. The van der Waals surface area contributed by atoms with Gasteiger partial charge in [-0.25, -0.2) is 4.79 Å². The molecule has 5 fully saturated rings. The summed E-state index contributed by atoms with van der Waals surface area (Å²) in [7, 11) is 2.05. The molecule has 0 radical (unpaired) electrons. The van der Waals surface area contributed by atoms with E-state index in [0.29, 0.717) is 71.5 Å². The van der Waals surface area contributed by atoms with Crippen LogP contribution in [0.3, 0.4) is 0 Å². The molecule has 0 saturated heterocycles. The number of carbonyl (C=O) groups is 3. The Morgan fingerprint density at radius 1 is 0.836 bits per heavy atom. The van der Waals surface area contributed by atoms with Crippen LogP contribution in [0.4, 0.5) is 0 Å². The molecule has 2 aromatic rings. The van der Waals surface area contributed by atoms with Crippen LogP contribution in [0, 0.1) is 51.2 Å². The second-order valence-corrected chi connectivity index (χ2v) is 19.3. The van der Waals surface area contributed by atoms with Crippen molar-refractivity contribution in [1.82, 2.24) is 10.6 Å². The first-order chi connectivity index (χ1) is 26.2. The molecule has 7 rings (SSSR count). The second-order valence-electron chi connectivity index (χ2n) is 19.3. The number of amides is 2. The van der Waals surface area contributed by atoms with Gasteiger partial charge in [-0.3, -0.25) is 9.59 Å². The molecule has 2 aromatic carbocycles. The summed E-state index contributed by atoms with van der Waals surface area (Å²) >= 11 is 0. The van der Waals surface area contributed by atoms with Crippen LogP contribution in [0.25, 0.3) is 0 Å². The quantitative estimate of drug-likeness (QED) is 0.131. The van der Waals surface area contributed by atoms with Crippen molar-refractivity contribution in [3.8, 4) is 5.75 Å². The van der Waals surface area contributed by atoms with Crippen molar-refractivity contribution < 1.29 is 29.3 Å².